The first-order chi connectivity index (χ1) is 12.5. The standard InChI is InChI=1S/C21H23NO4/c1-14(16-12-13-16)22(18-9-5-7-11-20(18)25-3)21(24)17-8-4-6-10-19(17)26-15(2)23/h4-11,14,16H,12-13H2,1-3H3. The van der Waals surface area contributed by atoms with Crippen LogP contribution in [-0.2, 0) is 4.79 Å². The van der Waals surface area contributed by atoms with Gasteiger partial charge in [-0.3, -0.25) is 9.59 Å². The third-order valence-electron chi connectivity index (χ3n) is 4.65. The predicted molar refractivity (Wildman–Crippen MR) is 99.7 cm³/mol. The lowest BCUT2D eigenvalue weighted by molar-refractivity contribution is -0.131. The van der Waals surface area contributed by atoms with Crippen molar-refractivity contribution in [2.75, 3.05) is 12.0 Å². The maximum absolute atomic E-state index is 13.5. The Kier molecular flexibility index (Phi) is 5.26. The Labute approximate surface area is 153 Å². The van der Waals surface area contributed by atoms with Crippen molar-refractivity contribution >= 4 is 17.6 Å². The molecular weight excluding hydrogens is 330 g/mol. The van der Waals surface area contributed by atoms with E-state index < -0.39 is 5.97 Å². The first kappa shape index (κ1) is 18.0. The van der Waals surface area contributed by atoms with Gasteiger partial charge >= 0.3 is 5.97 Å². The highest BCUT2D eigenvalue weighted by atomic mass is 16.5. The normalized spacial score (nSPS) is 14.4. The zero-order chi connectivity index (χ0) is 18.7. The van der Waals surface area contributed by atoms with Gasteiger partial charge in [0, 0.05) is 13.0 Å². The van der Waals surface area contributed by atoms with Gasteiger partial charge in [-0.05, 0) is 49.9 Å². The average molecular weight is 353 g/mol. The topological polar surface area (TPSA) is 55.8 Å². The van der Waals surface area contributed by atoms with E-state index in [-0.39, 0.29) is 17.7 Å². The second kappa shape index (κ2) is 7.60. The fourth-order valence-electron chi connectivity index (χ4n) is 3.15. The van der Waals surface area contributed by atoms with Crippen molar-refractivity contribution < 1.29 is 19.1 Å². The molecule has 1 aliphatic rings. The third kappa shape index (κ3) is 3.72. The summed E-state index contributed by atoms with van der Waals surface area (Å²) in [5.74, 6) is 0.714. The monoisotopic (exact) mass is 353 g/mol. The molecule has 1 amide bonds. The minimum absolute atomic E-state index is 0.0178. The van der Waals surface area contributed by atoms with Gasteiger partial charge in [-0.1, -0.05) is 24.3 Å². The van der Waals surface area contributed by atoms with Crippen molar-refractivity contribution in [3.05, 3.63) is 54.1 Å². The van der Waals surface area contributed by atoms with E-state index in [1.54, 1.807) is 36.3 Å². The van der Waals surface area contributed by atoms with E-state index >= 15 is 0 Å². The summed E-state index contributed by atoms with van der Waals surface area (Å²) in [6, 6.07) is 14.3. The smallest absolute Gasteiger partial charge is 0.308 e. The summed E-state index contributed by atoms with van der Waals surface area (Å²) in [6.45, 7) is 3.38. The summed E-state index contributed by atoms with van der Waals surface area (Å²) in [7, 11) is 1.59. The molecule has 136 valence electrons. The van der Waals surface area contributed by atoms with E-state index in [4.69, 9.17) is 9.47 Å². The molecule has 1 atom stereocenters. The molecule has 1 fully saturated rings. The number of hydrogen-bond donors (Lipinski definition) is 0. The lowest BCUT2D eigenvalue weighted by atomic mass is 10.1. The highest BCUT2D eigenvalue weighted by molar-refractivity contribution is 6.09. The molecule has 0 saturated heterocycles. The van der Waals surface area contributed by atoms with Crippen LogP contribution >= 0.6 is 0 Å². The molecule has 0 aromatic heterocycles. The van der Waals surface area contributed by atoms with Crippen molar-refractivity contribution in [3.8, 4) is 11.5 Å². The van der Waals surface area contributed by atoms with Crippen molar-refractivity contribution in [2.24, 2.45) is 5.92 Å². The summed E-state index contributed by atoms with van der Waals surface area (Å²) >= 11 is 0. The van der Waals surface area contributed by atoms with Crippen molar-refractivity contribution in [1.29, 1.82) is 0 Å². The quantitative estimate of drug-likeness (QED) is 0.580. The molecule has 26 heavy (non-hydrogen) atoms. The Morgan fingerprint density at radius 1 is 1.04 bits per heavy atom. The molecule has 0 N–H and O–H groups in total. The molecular formula is C21H23NO4. The summed E-state index contributed by atoms with van der Waals surface area (Å²) in [5, 5.41) is 0. The maximum atomic E-state index is 13.5. The van der Waals surface area contributed by atoms with Crippen LogP contribution < -0.4 is 14.4 Å². The van der Waals surface area contributed by atoms with E-state index in [0.29, 0.717) is 17.2 Å². The van der Waals surface area contributed by atoms with Crippen molar-refractivity contribution in [1.82, 2.24) is 0 Å². The van der Waals surface area contributed by atoms with E-state index in [2.05, 4.69) is 6.92 Å². The van der Waals surface area contributed by atoms with Gasteiger partial charge in [0.2, 0.25) is 0 Å². The number of methoxy groups -OCH3 is 1. The molecule has 1 saturated carbocycles. The van der Waals surface area contributed by atoms with Crippen LogP contribution in [0.2, 0.25) is 0 Å². The van der Waals surface area contributed by atoms with Gasteiger partial charge < -0.3 is 14.4 Å². The Morgan fingerprint density at radius 2 is 1.65 bits per heavy atom. The molecule has 0 aliphatic heterocycles. The number of carbonyl (C=O) groups excluding carboxylic acids is 2. The minimum atomic E-state index is -0.454. The van der Waals surface area contributed by atoms with Crippen LogP contribution in [-0.4, -0.2) is 25.0 Å². The fourth-order valence-corrected chi connectivity index (χ4v) is 3.15. The highest BCUT2D eigenvalue weighted by Gasteiger charge is 2.37. The van der Waals surface area contributed by atoms with Crippen LogP contribution in [0, 0.1) is 5.92 Å². The number of esters is 1. The molecule has 0 bridgehead atoms. The number of para-hydroxylation sites is 3. The Bertz CT molecular complexity index is 813. The van der Waals surface area contributed by atoms with Gasteiger partial charge in [0.15, 0.2) is 0 Å². The maximum Gasteiger partial charge on any atom is 0.308 e. The zero-order valence-electron chi connectivity index (χ0n) is 15.3. The molecule has 0 spiro atoms. The number of anilines is 1. The number of amides is 1. The molecule has 1 unspecified atom stereocenters. The summed E-state index contributed by atoms with van der Waals surface area (Å²) in [5.41, 5.74) is 1.08. The van der Waals surface area contributed by atoms with E-state index in [0.717, 1.165) is 18.5 Å². The zero-order valence-corrected chi connectivity index (χ0v) is 15.3. The molecule has 5 nitrogen and oxygen atoms in total. The van der Waals surface area contributed by atoms with Gasteiger partial charge in [0.05, 0.1) is 18.4 Å². The largest absolute Gasteiger partial charge is 0.495 e. The van der Waals surface area contributed by atoms with Crippen LogP contribution in [0.3, 0.4) is 0 Å². The molecule has 2 aromatic carbocycles. The Balaban J connectivity index is 2.05. The number of carbonyl (C=O) groups is 2. The minimum Gasteiger partial charge on any atom is -0.495 e. The molecule has 1 aliphatic carbocycles. The Morgan fingerprint density at radius 3 is 2.27 bits per heavy atom. The fraction of sp³-hybridized carbons (Fsp3) is 0.333. The number of benzene rings is 2. The van der Waals surface area contributed by atoms with E-state index in [1.165, 1.54) is 6.92 Å². The van der Waals surface area contributed by atoms with Gasteiger partial charge in [0.25, 0.3) is 5.91 Å². The predicted octanol–water partition coefficient (Wildman–Crippen LogP) is 4.07. The second-order valence-electron chi connectivity index (χ2n) is 6.51. The second-order valence-corrected chi connectivity index (χ2v) is 6.51. The third-order valence-corrected chi connectivity index (χ3v) is 4.65. The molecule has 5 heteroatoms. The van der Waals surface area contributed by atoms with Crippen LogP contribution in [0.4, 0.5) is 5.69 Å². The van der Waals surface area contributed by atoms with Gasteiger partial charge in [-0.2, -0.15) is 0 Å². The molecule has 0 heterocycles. The van der Waals surface area contributed by atoms with Gasteiger partial charge in [-0.25, -0.2) is 0 Å². The number of nitrogens with zero attached hydrogens (tertiary/aromatic N) is 1. The van der Waals surface area contributed by atoms with E-state index in [1.807, 2.05) is 24.3 Å². The van der Waals surface area contributed by atoms with Gasteiger partial charge in [0.1, 0.15) is 11.5 Å². The number of hydrogen-bond acceptors (Lipinski definition) is 4. The lowest BCUT2D eigenvalue weighted by Gasteiger charge is -2.31. The van der Waals surface area contributed by atoms with Crippen LogP contribution in [0.1, 0.15) is 37.0 Å². The summed E-state index contributed by atoms with van der Waals surface area (Å²) in [6.07, 6.45) is 2.21. The van der Waals surface area contributed by atoms with Crippen LogP contribution in [0.5, 0.6) is 11.5 Å². The van der Waals surface area contributed by atoms with E-state index in [9.17, 15) is 9.59 Å². The first-order valence-electron chi connectivity index (χ1n) is 8.77. The van der Waals surface area contributed by atoms with Gasteiger partial charge in [-0.15, -0.1) is 0 Å². The first-order valence-corrected chi connectivity index (χ1v) is 8.77. The average Bonchev–Trinajstić information content (AvgIpc) is 3.47. The molecule has 2 aromatic rings. The SMILES string of the molecule is COc1ccccc1N(C(=O)c1ccccc1OC(C)=O)C(C)C1CC1. The lowest BCUT2D eigenvalue weighted by Crippen LogP contribution is -2.40. The highest BCUT2D eigenvalue weighted by Crippen LogP contribution is 2.40. The van der Waals surface area contributed by atoms with Crippen LogP contribution in [0.25, 0.3) is 0 Å². The molecule has 0 radical (unpaired) electrons. The molecule has 3 rings (SSSR count). The summed E-state index contributed by atoms with van der Waals surface area (Å²) in [4.78, 5) is 26.6. The summed E-state index contributed by atoms with van der Waals surface area (Å²) < 4.78 is 10.7. The number of ether oxygens (including phenoxy) is 2. The Hall–Kier alpha value is -2.82. The number of rotatable bonds is 6. The van der Waals surface area contributed by atoms with Crippen LogP contribution in [0.15, 0.2) is 48.5 Å². The van der Waals surface area contributed by atoms with Crippen molar-refractivity contribution in [3.63, 3.8) is 0 Å². The van der Waals surface area contributed by atoms with Crippen molar-refractivity contribution in [2.45, 2.75) is 32.7 Å².